The average molecular weight is 996 g/mol. The number of pyridine rings is 2. The Balaban J connectivity index is 0.662. The molecule has 1 atom stereocenters. The van der Waals surface area contributed by atoms with Crippen LogP contribution in [0.15, 0.2) is 101 Å². The van der Waals surface area contributed by atoms with E-state index in [4.69, 9.17) is 17.3 Å². The van der Waals surface area contributed by atoms with Gasteiger partial charge in [-0.25, -0.2) is 15.0 Å². The highest BCUT2D eigenvalue weighted by molar-refractivity contribution is 7.99. The SMILES string of the molecule is CC1(N)CCN(c2cnc(Sc3cccc(NC(=O)c4ccc(N5CCC(N6CC=C(c7cnc(C(=O)NCc8ccc9c(c8)CN(C8CCC(=O)NC8=O)C9=O)cc7Cl)CC6)CC5)nc4)c3)cn2)CC1. The van der Waals surface area contributed by atoms with Crippen molar-refractivity contribution in [2.24, 2.45) is 5.73 Å². The third kappa shape index (κ3) is 11.0. The van der Waals surface area contributed by atoms with E-state index in [1.165, 1.54) is 16.7 Å². The molecule has 10 rings (SSSR count). The Morgan fingerprint density at radius 2 is 1.63 bits per heavy atom. The van der Waals surface area contributed by atoms with Crippen LogP contribution in [0.25, 0.3) is 5.57 Å². The van der Waals surface area contributed by atoms with Crippen molar-refractivity contribution in [3.8, 4) is 0 Å². The van der Waals surface area contributed by atoms with Crippen LogP contribution >= 0.6 is 23.4 Å². The fourth-order valence-corrected chi connectivity index (χ4v) is 11.0. The molecule has 0 spiro atoms. The van der Waals surface area contributed by atoms with E-state index in [-0.39, 0.29) is 54.4 Å². The van der Waals surface area contributed by atoms with E-state index in [0.717, 1.165) is 115 Å². The fourth-order valence-electron chi connectivity index (χ4n) is 9.96. The number of carbonyl (C=O) groups is 5. The van der Waals surface area contributed by atoms with E-state index in [9.17, 15) is 24.0 Å². The third-order valence-corrected chi connectivity index (χ3v) is 15.4. The maximum atomic E-state index is 13.3. The van der Waals surface area contributed by atoms with Crippen LogP contribution in [0.1, 0.15) is 99.8 Å². The Labute approximate surface area is 421 Å². The third-order valence-electron chi connectivity index (χ3n) is 14.2. The van der Waals surface area contributed by atoms with Gasteiger partial charge in [0.2, 0.25) is 11.8 Å². The quantitative estimate of drug-likeness (QED) is 0.104. The number of benzene rings is 2. The molecule has 2 aromatic carbocycles. The minimum Gasteiger partial charge on any atom is -0.357 e. The van der Waals surface area contributed by atoms with Crippen molar-refractivity contribution >= 4 is 75.8 Å². The molecule has 5 N–H and O–H groups in total. The Morgan fingerprint density at radius 3 is 2.35 bits per heavy atom. The molecule has 0 saturated carbocycles. The maximum Gasteiger partial charge on any atom is 0.270 e. The zero-order valence-electron chi connectivity index (χ0n) is 39.4. The molecule has 71 heavy (non-hydrogen) atoms. The van der Waals surface area contributed by atoms with Crippen LogP contribution in [0, 0.1) is 0 Å². The first-order chi connectivity index (χ1) is 34.3. The molecule has 0 aliphatic carbocycles. The van der Waals surface area contributed by atoms with Gasteiger partial charge >= 0.3 is 0 Å². The number of nitrogens with zero attached hydrogens (tertiary/aromatic N) is 8. The molecule has 17 nitrogen and oxygen atoms in total. The minimum atomic E-state index is -0.689. The predicted octanol–water partition coefficient (Wildman–Crippen LogP) is 6.09. The molecule has 366 valence electrons. The van der Waals surface area contributed by atoms with Crippen LogP contribution in [0.4, 0.5) is 17.3 Å². The number of piperidine rings is 3. The number of amides is 5. The van der Waals surface area contributed by atoms with Crippen molar-refractivity contribution in [3.63, 3.8) is 0 Å². The smallest absolute Gasteiger partial charge is 0.270 e. The number of anilines is 3. The number of hydrogen-bond donors (Lipinski definition) is 4. The van der Waals surface area contributed by atoms with Gasteiger partial charge in [-0.1, -0.05) is 47.6 Å². The largest absolute Gasteiger partial charge is 0.357 e. The van der Waals surface area contributed by atoms with Gasteiger partial charge in [0, 0.05) is 104 Å². The molecule has 0 radical (unpaired) electrons. The summed E-state index contributed by atoms with van der Waals surface area (Å²) in [6, 6.07) is 18.1. The molecule has 1 unspecified atom stereocenters. The summed E-state index contributed by atoms with van der Waals surface area (Å²) in [7, 11) is 0. The molecule has 19 heteroatoms. The number of hydrogen-bond acceptors (Lipinski definition) is 14. The highest BCUT2D eigenvalue weighted by Gasteiger charge is 2.39. The van der Waals surface area contributed by atoms with E-state index < -0.39 is 11.9 Å². The Hall–Kier alpha value is -6.73. The first-order valence-corrected chi connectivity index (χ1v) is 25.3. The van der Waals surface area contributed by atoms with Crippen molar-refractivity contribution in [2.45, 2.75) is 92.5 Å². The van der Waals surface area contributed by atoms with Gasteiger partial charge in [0.25, 0.3) is 17.7 Å². The Bertz CT molecular complexity index is 2900. The monoisotopic (exact) mass is 994 g/mol. The van der Waals surface area contributed by atoms with Crippen LogP contribution < -0.4 is 31.5 Å². The fraction of sp³-hybridized carbons (Fsp3) is 0.365. The zero-order valence-corrected chi connectivity index (χ0v) is 41.0. The van der Waals surface area contributed by atoms with Crippen molar-refractivity contribution in [2.75, 3.05) is 54.4 Å². The molecular weight excluding hydrogens is 940 g/mol. The lowest BCUT2D eigenvalue weighted by molar-refractivity contribution is -0.136. The second-order valence-electron chi connectivity index (χ2n) is 19.2. The molecule has 3 fully saturated rings. The van der Waals surface area contributed by atoms with Crippen molar-refractivity contribution < 1.29 is 24.0 Å². The average Bonchev–Trinajstić information content (AvgIpc) is 3.70. The molecule has 3 aromatic heterocycles. The summed E-state index contributed by atoms with van der Waals surface area (Å²) in [4.78, 5) is 91.5. The van der Waals surface area contributed by atoms with Crippen LogP contribution in [0.5, 0.6) is 0 Å². The summed E-state index contributed by atoms with van der Waals surface area (Å²) < 4.78 is 0. The molecule has 5 aliphatic rings. The summed E-state index contributed by atoms with van der Waals surface area (Å²) >= 11 is 8.27. The maximum absolute atomic E-state index is 13.3. The highest BCUT2D eigenvalue weighted by Crippen LogP contribution is 2.33. The Morgan fingerprint density at radius 1 is 0.831 bits per heavy atom. The molecule has 3 saturated heterocycles. The van der Waals surface area contributed by atoms with E-state index in [2.05, 4.69) is 63.6 Å². The van der Waals surface area contributed by atoms with Crippen LogP contribution in [0.2, 0.25) is 5.02 Å². The summed E-state index contributed by atoms with van der Waals surface area (Å²) in [6.07, 6.45) is 14.2. The van der Waals surface area contributed by atoms with E-state index in [1.54, 1.807) is 36.8 Å². The first kappa shape index (κ1) is 47.9. The standard InChI is InChI=1S/C52H55ClN12O5S/c1-52(54)15-21-64(22-16-52)45-29-58-47(30-57-45)71-38-4-2-3-36(24-38)60-48(67)34-6-9-44(56-27-34)63-19-13-37(14-20-63)62-17-11-33(12-18-62)40-28-55-42(25-41(40)53)49(68)59-26-32-5-7-39-35(23-32)31-65(51(39)70)43-8-10-46(66)61-50(43)69/h2-7,9,11,23-25,27-30,37,43H,8,10,12-22,26,31,54H2,1H3,(H,59,68)(H,60,67)(H,61,66,69). The summed E-state index contributed by atoms with van der Waals surface area (Å²) in [5, 5.41) is 9.48. The number of aromatic nitrogens is 4. The van der Waals surface area contributed by atoms with Gasteiger partial charge < -0.3 is 31.1 Å². The van der Waals surface area contributed by atoms with Crippen LogP contribution in [-0.4, -0.2) is 116 Å². The number of nitrogens with two attached hydrogens (primary N) is 1. The van der Waals surface area contributed by atoms with Crippen molar-refractivity contribution in [1.29, 1.82) is 0 Å². The number of nitrogens with one attached hydrogen (secondary N) is 3. The number of rotatable bonds is 12. The van der Waals surface area contributed by atoms with Gasteiger partial charge in [-0.3, -0.25) is 39.2 Å². The van der Waals surface area contributed by atoms with E-state index in [0.29, 0.717) is 34.3 Å². The van der Waals surface area contributed by atoms with Crippen molar-refractivity contribution in [1.82, 2.24) is 40.4 Å². The minimum absolute atomic E-state index is 0.126. The van der Waals surface area contributed by atoms with Gasteiger partial charge in [-0.15, -0.1) is 0 Å². The molecule has 5 aromatic rings. The van der Waals surface area contributed by atoms with Crippen molar-refractivity contribution in [3.05, 3.63) is 130 Å². The second-order valence-corrected chi connectivity index (χ2v) is 20.7. The normalized spacial score (nSPS) is 19.5. The molecule has 5 amide bonds. The van der Waals surface area contributed by atoms with Gasteiger partial charge in [0.05, 0.1) is 23.0 Å². The topological polar surface area (TPSA) is 212 Å². The number of carbonyl (C=O) groups excluding carboxylic acids is 5. The summed E-state index contributed by atoms with van der Waals surface area (Å²) in [6.45, 7) is 7.67. The summed E-state index contributed by atoms with van der Waals surface area (Å²) in [5.41, 5.74) is 11.5. The van der Waals surface area contributed by atoms with Gasteiger partial charge in [0.15, 0.2) is 0 Å². The Kier molecular flexibility index (Phi) is 13.9. The van der Waals surface area contributed by atoms with Crippen LogP contribution in [-0.2, 0) is 22.7 Å². The number of imide groups is 1. The number of fused-ring (bicyclic) bond motifs is 1. The van der Waals surface area contributed by atoms with Gasteiger partial charge in [0.1, 0.15) is 28.4 Å². The molecular formula is C52H55ClN12O5S. The van der Waals surface area contributed by atoms with Gasteiger partial charge in [-0.05, 0) is 105 Å². The van der Waals surface area contributed by atoms with E-state index >= 15 is 0 Å². The lowest BCUT2D eigenvalue weighted by Gasteiger charge is -2.40. The second kappa shape index (κ2) is 20.5. The van der Waals surface area contributed by atoms with E-state index in [1.807, 2.05) is 48.7 Å². The molecule has 5 aliphatic heterocycles. The van der Waals surface area contributed by atoms with Gasteiger partial charge in [-0.2, -0.15) is 0 Å². The predicted molar refractivity (Wildman–Crippen MR) is 271 cm³/mol. The highest BCUT2D eigenvalue weighted by atomic mass is 35.5. The first-order valence-electron chi connectivity index (χ1n) is 24.1. The zero-order chi connectivity index (χ0) is 49.2. The van der Waals surface area contributed by atoms with Crippen LogP contribution in [0.3, 0.4) is 0 Å². The lowest BCUT2D eigenvalue weighted by atomic mass is 9.91. The lowest BCUT2D eigenvalue weighted by Crippen LogP contribution is -2.52. The number of halogens is 1. The summed E-state index contributed by atoms with van der Waals surface area (Å²) in [5.74, 6) is 0.0780. The molecule has 8 heterocycles. The molecule has 0 bridgehead atoms.